The van der Waals surface area contributed by atoms with Crippen LogP contribution in [0.5, 0.6) is 0 Å². The number of carbonyl (C=O) groups excluding carboxylic acids is 2. The van der Waals surface area contributed by atoms with Crippen molar-refractivity contribution in [3.63, 3.8) is 0 Å². The number of urea groups is 1. The van der Waals surface area contributed by atoms with E-state index in [-0.39, 0.29) is 29.4 Å². The van der Waals surface area contributed by atoms with E-state index in [2.05, 4.69) is 31.4 Å². The summed E-state index contributed by atoms with van der Waals surface area (Å²) in [5.74, 6) is 0.281. The van der Waals surface area contributed by atoms with E-state index in [0.29, 0.717) is 12.5 Å². The highest BCUT2D eigenvalue weighted by molar-refractivity contribution is 5.81. The average Bonchev–Trinajstić information content (AvgIpc) is 2.84. The van der Waals surface area contributed by atoms with Gasteiger partial charge in [0.1, 0.15) is 6.54 Å². The fourth-order valence-electron chi connectivity index (χ4n) is 4.21. The third kappa shape index (κ3) is 2.63. The first-order valence-corrected chi connectivity index (χ1v) is 7.49. The van der Waals surface area contributed by atoms with E-state index in [0.717, 1.165) is 0 Å². The number of esters is 1. The van der Waals surface area contributed by atoms with Gasteiger partial charge in [0.25, 0.3) is 0 Å². The van der Waals surface area contributed by atoms with Crippen LogP contribution in [0.3, 0.4) is 0 Å². The predicted octanol–water partition coefficient (Wildman–Crippen LogP) is 2.06. The van der Waals surface area contributed by atoms with Crippen molar-refractivity contribution in [1.29, 1.82) is 0 Å². The zero-order valence-corrected chi connectivity index (χ0v) is 12.9. The van der Waals surface area contributed by atoms with Crippen LogP contribution in [0.4, 0.5) is 4.79 Å². The molecule has 0 radical (unpaired) electrons. The maximum atomic E-state index is 12.0. The Kier molecular flexibility index (Phi) is 3.98. The second-order valence-electron chi connectivity index (χ2n) is 6.98. The molecule has 114 valence electrons. The predicted molar refractivity (Wildman–Crippen MR) is 76.2 cm³/mol. The minimum atomic E-state index is -0.402. The first-order valence-electron chi connectivity index (χ1n) is 7.49. The molecule has 0 spiro atoms. The molecule has 0 saturated heterocycles. The van der Waals surface area contributed by atoms with Gasteiger partial charge in [-0.2, -0.15) is 0 Å². The molecule has 0 aromatic carbocycles. The molecule has 2 fully saturated rings. The van der Waals surface area contributed by atoms with E-state index < -0.39 is 5.97 Å². The van der Waals surface area contributed by atoms with Crippen LogP contribution >= 0.6 is 0 Å². The summed E-state index contributed by atoms with van der Waals surface area (Å²) < 4.78 is 4.79. The van der Waals surface area contributed by atoms with Crippen molar-refractivity contribution in [1.82, 2.24) is 10.6 Å². The summed E-state index contributed by atoms with van der Waals surface area (Å²) in [7, 11) is 0. The molecule has 2 aliphatic carbocycles. The van der Waals surface area contributed by atoms with Crippen molar-refractivity contribution in [2.24, 2.45) is 16.7 Å². The zero-order chi connectivity index (χ0) is 15.0. The Morgan fingerprint density at radius 2 is 2.00 bits per heavy atom. The Balaban J connectivity index is 1.89. The molecule has 2 N–H and O–H groups in total. The highest BCUT2D eigenvalue weighted by atomic mass is 16.5. The van der Waals surface area contributed by atoms with Crippen LogP contribution in [0.1, 0.15) is 47.0 Å². The Bertz CT molecular complexity index is 403. The van der Waals surface area contributed by atoms with Gasteiger partial charge in [0, 0.05) is 6.04 Å². The lowest BCUT2D eigenvalue weighted by molar-refractivity contribution is -0.141. The molecule has 0 aromatic rings. The van der Waals surface area contributed by atoms with Crippen molar-refractivity contribution in [3.05, 3.63) is 0 Å². The molecule has 0 aromatic heterocycles. The quantitative estimate of drug-likeness (QED) is 0.776. The second-order valence-corrected chi connectivity index (χ2v) is 6.98. The van der Waals surface area contributed by atoms with Gasteiger partial charge in [-0.3, -0.25) is 4.79 Å². The standard InChI is InChI=1S/C15H26N2O3/c1-5-20-11(18)9-16-13(19)17-12-14(2,3)10-6-7-15(12,4)8-10/h10,12H,5-9H2,1-4H3,(H2,16,17,19). The minimum absolute atomic E-state index is 0.0764. The van der Waals surface area contributed by atoms with Crippen molar-refractivity contribution in [2.45, 2.75) is 53.0 Å². The molecule has 5 nitrogen and oxygen atoms in total. The Morgan fingerprint density at radius 1 is 1.30 bits per heavy atom. The smallest absolute Gasteiger partial charge is 0.325 e. The topological polar surface area (TPSA) is 67.4 Å². The maximum absolute atomic E-state index is 12.0. The highest BCUT2D eigenvalue weighted by Gasteiger charge is 2.59. The number of ether oxygens (including phenoxy) is 1. The number of rotatable bonds is 4. The molecular weight excluding hydrogens is 256 g/mol. The zero-order valence-electron chi connectivity index (χ0n) is 12.9. The van der Waals surface area contributed by atoms with Crippen LogP contribution in [0.2, 0.25) is 0 Å². The Labute approximate surface area is 120 Å². The molecular formula is C15H26N2O3. The van der Waals surface area contributed by atoms with Crippen molar-refractivity contribution < 1.29 is 14.3 Å². The number of nitrogens with one attached hydrogen (secondary N) is 2. The normalized spacial score (nSPS) is 33.8. The first-order chi connectivity index (χ1) is 9.29. The van der Waals surface area contributed by atoms with Crippen molar-refractivity contribution >= 4 is 12.0 Å². The molecule has 0 heterocycles. The molecule has 5 heteroatoms. The van der Waals surface area contributed by atoms with Gasteiger partial charge in [-0.25, -0.2) is 4.79 Å². The van der Waals surface area contributed by atoms with E-state index in [4.69, 9.17) is 4.74 Å². The maximum Gasteiger partial charge on any atom is 0.325 e. The molecule has 3 unspecified atom stereocenters. The van der Waals surface area contributed by atoms with E-state index in [1.165, 1.54) is 19.3 Å². The van der Waals surface area contributed by atoms with Crippen LogP contribution in [-0.4, -0.2) is 31.2 Å². The number of hydrogen-bond acceptors (Lipinski definition) is 3. The summed E-state index contributed by atoms with van der Waals surface area (Å²) in [6.07, 6.45) is 3.61. The second kappa shape index (κ2) is 5.26. The minimum Gasteiger partial charge on any atom is -0.465 e. The molecule has 3 atom stereocenters. The molecule has 2 rings (SSSR count). The van der Waals surface area contributed by atoms with E-state index in [1.54, 1.807) is 6.92 Å². The van der Waals surface area contributed by atoms with Crippen LogP contribution in [0.25, 0.3) is 0 Å². The van der Waals surface area contributed by atoms with E-state index in [9.17, 15) is 9.59 Å². The van der Waals surface area contributed by atoms with Gasteiger partial charge < -0.3 is 15.4 Å². The molecule has 2 bridgehead atoms. The molecule has 2 saturated carbocycles. The third-order valence-corrected chi connectivity index (χ3v) is 5.24. The van der Waals surface area contributed by atoms with Gasteiger partial charge in [-0.15, -0.1) is 0 Å². The molecule has 2 amide bonds. The summed E-state index contributed by atoms with van der Waals surface area (Å²) in [6, 6.07) is -0.110. The highest BCUT2D eigenvalue weighted by Crippen LogP contribution is 2.62. The third-order valence-electron chi connectivity index (χ3n) is 5.24. The SMILES string of the molecule is CCOC(=O)CNC(=O)NC1C2(C)CCC(C2)C1(C)C. The summed E-state index contributed by atoms with van der Waals surface area (Å²) >= 11 is 0. The number of carbonyl (C=O) groups is 2. The van der Waals surface area contributed by atoms with Gasteiger partial charge in [0.15, 0.2) is 0 Å². The Hall–Kier alpha value is -1.26. The van der Waals surface area contributed by atoms with Crippen molar-refractivity contribution in [2.75, 3.05) is 13.2 Å². The van der Waals surface area contributed by atoms with Gasteiger partial charge in [0.05, 0.1) is 6.61 Å². The fourth-order valence-corrected chi connectivity index (χ4v) is 4.21. The Morgan fingerprint density at radius 3 is 2.55 bits per heavy atom. The van der Waals surface area contributed by atoms with Crippen LogP contribution < -0.4 is 10.6 Å². The van der Waals surface area contributed by atoms with Gasteiger partial charge >= 0.3 is 12.0 Å². The largest absolute Gasteiger partial charge is 0.465 e. The molecule has 2 aliphatic rings. The number of amides is 2. The van der Waals surface area contributed by atoms with Gasteiger partial charge in [-0.05, 0) is 42.9 Å². The fraction of sp³-hybridized carbons (Fsp3) is 0.867. The monoisotopic (exact) mass is 282 g/mol. The lowest BCUT2D eigenvalue weighted by Crippen LogP contribution is -2.55. The summed E-state index contributed by atoms with van der Waals surface area (Å²) in [4.78, 5) is 23.2. The molecule has 0 aliphatic heterocycles. The lowest BCUT2D eigenvalue weighted by atomic mass is 9.68. The number of fused-ring (bicyclic) bond motifs is 2. The van der Waals surface area contributed by atoms with Gasteiger partial charge in [0.2, 0.25) is 0 Å². The van der Waals surface area contributed by atoms with Crippen LogP contribution in [-0.2, 0) is 9.53 Å². The first kappa shape index (κ1) is 15.1. The van der Waals surface area contributed by atoms with E-state index in [1.807, 2.05) is 0 Å². The van der Waals surface area contributed by atoms with Crippen LogP contribution in [0, 0.1) is 16.7 Å². The lowest BCUT2D eigenvalue weighted by Gasteiger charge is -2.43. The van der Waals surface area contributed by atoms with Crippen LogP contribution in [0.15, 0.2) is 0 Å². The number of hydrogen-bond donors (Lipinski definition) is 2. The van der Waals surface area contributed by atoms with Crippen molar-refractivity contribution in [3.8, 4) is 0 Å². The van der Waals surface area contributed by atoms with Gasteiger partial charge in [-0.1, -0.05) is 20.8 Å². The average molecular weight is 282 g/mol. The molecule has 20 heavy (non-hydrogen) atoms. The summed E-state index contributed by atoms with van der Waals surface area (Å²) in [5, 5.41) is 5.66. The summed E-state index contributed by atoms with van der Waals surface area (Å²) in [5.41, 5.74) is 0.309. The van der Waals surface area contributed by atoms with E-state index >= 15 is 0 Å². The summed E-state index contributed by atoms with van der Waals surface area (Å²) in [6.45, 7) is 8.73.